The molecule has 0 radical (unpaired) electrons. The summed E-state index contributed by atoms with van der Waals surface area (Å²) in [4.78, 5) is 12.4. The van der Waals surface area contributed by atoms with E-state index in [1.165, 1.54) is 45.6 Å². The molecule has 0 aliphatic rings. The Kier molecular flexibility index (Phi) is 6.13. The van der Waals surface area contributed by atoms with E-state index in [1.807, 2.05) is 0 Å². The van der Waals surface area contributed by atoms with Crippen molar-refractivity contribution >= 4 is 28.9 Å². The molecule has 1 amide bonds. The predicted molar refractivity (Wildman–Crippen MR) is 96.2 cm³/mol. The van der Waals surface area contributed by atoms with Gasteiger partial charge in [0.25, 0.3) is 5.91 Å². The third kappa shape index (κ3) is 4.36. The van der Waals surface area contributed by atoms with Gasteiger partial charge in [-0.2, -0.15) is 0 Å². The summed E-state index contributed by atoms with van der Waals surface area (Å²) in [6.45, 7) is 0. The maximum Gasteiger partial charge on any atom is 0.257 e. The number of rotatable bonds is 5. The van der Waals surface area contributed by atoms with Gasteiger partial charge < -0.3 is 19.5 Å². The van der Waals surface area contributed by atoms with Crippen LogP contribution in [0.3, 0.4) is 0 Å². The zero-order valence-corrected chi connectivity index (χ0v) is 14.7. The molecular weight excluding hydrogens is 347 g/mol. The molecule has 0 saturated carbocycles. The fourth-order valence-corrected chi connectivity index (χ4v) is 2.31. The van der Waals surface area contributed by atoms with Gasteiger partial charge in [0.1, 0.15) is 5.82 Å². The van der Waals surface area contributed by atoms with E-state index < -0.39 is 11.7 Å². The second-order valence-corrected chi connectivity index (χ2v) is 5.21. The van der Waals surface area contributed by atoms with Gasteiger partial charge in [0.2, 0.25) is 5.75 Å². The van der Waals surface area contributed by atoms with Gasteiger partial charge in [0.15, 0.2) is 16.6 Å². The molecule has 2 N–H and O–H groups in total. The van der Waals surface area contributed by atoms with Gasteiger partial charge >= 0.3 is 0 Å². The van der Waals surface area contributed by atoms with Crippen molar-refractivity contribution in [3.05, 3.63) is 47.8 Å². The number of carbonyl (C=O) groups is 1. The molecule has 8 heteroatoms. The first-order chi connectivity index (χ1) is 12.0. The Morgan fingerprint density at radius 1 is 1.04 bits per heavy atom. The van der Waals surface area contributed by atoms with Crippen LogP contribution < -0.4 is 24.8 Å². The molecule has 0 saturated heterocycles. The number of methoxy groups -OCH3 is 3. The van der Waals surface area contributed by atoms with E-state index in [4.69, 9.17) is 26.4 Å². The zero-order valence-electron chi connectivity index (χ0n) is 13.9. The van der Waals surface area contributed by atoms with Gasteiger partial charge in [-0.1, -0.05) is 12.1 Å². The largest absolute Gasteiger partial charge is 0.493 e. The predicted octanol–water partition coefficient (Wildman–Crippen LogP) is 2.98. The van der Waals surface area contributed by atoms with Gasteiger partial charge in [-0.05, 0) is 36.5 Å². The first kappa shape index (κ1) is 18.5. The smallest absolute Gasteiger partial charge is 0.257 e. The highest BCUT2D eigenvalue weighted by Gasteiger charge is 2.17. The number of benzene rings is 2. The molecule has 0 atom stereocenters. The number of thiocarbonyl (C=S) groups is 1. The van der Waals surface area contributed by atoms with Crippen LogP contribution in [0, 0.1) is 5.82 Å². The highest BCUT2D eigenvalue weighted by Crippen LogP contribution is 2.38. The molecule has 0 aliphatic carbocycles. The van der Waals surface area contributed by atoms with Crippen molar-refractivity contribution in [1.82, 2.24) is 5.32 Å². The van der Waals surface area contributed by atoms with E-state index in [-0.39, 0.29) is 16.4 Å². The number of nitrogens with one attached hydrogen (secondary N) is 2. The molecule has 132 valence electrons. The molecule has 0 bridgehead atoms. The van der Waals surface area contributed by atoms with Gasteiger partial charge in [-0.25, -0.2) is 4.39 Å². The van der Waals surface area contributed by atoms with Crippen molar-refractivity contribution in [2.75, 3.05) is 26.6 Å². The number of amides is 1. The molecule has 2 rings (SSSR count). The summed E-state index contributed by atoms with van der Waals surface area (Å²) in [6, 6.07) is 8.97. The van der Waals surface area contributed by atoms with Crippen LogP contribution in [0.25, 0.3) is 0 Å². The highest BCUT2D eigenvalue weighted by atomic mass is 32.1. The molecule has 0 aliphatic heterocycles. The summed E-state index contributed by atoms with van der Waals surface area (Å²) in [5, 5.41) is 5.06. The van der Waals surface area contributed by atoms with E-state index in [0.29, 0.717) is 17.2 Å². The minimum absolute atomic E-state index is 0.0381. The van der Waals surface area contributed by atoms with Gasteiger partial charge in [-0.15, -0.1) is 0 Å². The van der Waals surface area contributed by atoms with Crippen LogP contribution in [-0.2, 0) is 0 Å². The quantitative estimate of drug-likeness (QED) is 0.795. The van der Waals surface area contributed by atoms with Crippen LogP contribution >= 0.6 is 12.2 Å². The Hall–Kier alpha value is -2.87. The number of para-hydroxylation sites is 1. The maximum absolute atomic E-state index is 13.6. The average molecular weight is 364 g/mol. The fourth-order valence-electron chi connectivity index (χ4n) is 2.10. The van der Waals surface area contributed by atoms with Crippen LogP contribution in [0.4, 0.5) is 10.1 Å². The second-order valence-electron chi connectivity index (χ2n) is 4.80. The summed E-state index contributed by atoms with van der Waals surface area (Å²) >= 11 is 5.05. The number of anilines is 1. The number of hydrogen-bond acceptors (Lipinski definition) is 5. The monoisotopic (exact) mass is 364 g/mol. The molecule has 0 fully saturated rings. The summed E-state index contributed by atoms with van der Waals surface area (Å²) in [5.41, 5.74) is 0.407. The second kappa shape index (κ2) is 8.29. The van der Waals surface area contributed by atoms with Crippen LogP contribution in [0.2, 0.25) is 0 Å². The van der Waals surface area contributed by atoms with Crippen LogP contribution in [-0.4, -0.2) is 32.3 Å². The van der Waals surface area contributed by atoms with Gasteiger partial charge in [0.05, 0.1) is 27.0 Å². The zero-order chi connectivity index (χ0) is 18.4. The number of ether oxygens (including phenoxy) is 3. The molecule has 0 heterocycles. The van der Waals surface area contributed by atoms with E-state index in [1.54, 1.807) is 12.1 Å². The van der Waals surface area contributed by atoms with Crippen LogP contribution in [0.15, 0.2) is 36.4 Å². The lowest BCUT2D eigenvalue weighted by molar-refractivity contribution is 0.0977. The third-order valence-corrected chi connectivity index (χ3v) is 3.48. The Bertz CT molecular complexity index is 773. The van der Waals surface area contributed by atoms with Crippen molar-refractivity contribution in [3.63, 3.8) is 0 Å². The maximum atomic E-state index is 13.6. The van der Waals surface area contributed by atoms with Crippen LogP contribution in [0.1, 0.15) is 10.4 Å². The SMILES string of the molecule is COc1cc(C(=O)NC(=S)Nc2ccccc2F)cc(OC)c1OC. The highest BCUT2D eigenvalue weighted by molar-refractivity contribution is 7.80. The lowest BCUT2D eigenvalue weighted by Crippen LogP contribution is -2.34. The number of halogens is 1. The molecule has 25 heavy (non-hydrogen) atoms. The number of hydrogen-bond donors (Lipinski definition) is 2. The van der Waals surface area contributed by atoms with E-state index >= 15 is 0 Å². The number of carbonyl (C=O) groups excluding carboxylic acids is 1. The van der Waals surface area contributed by atoms with E-state index in [2.05, 4.69) is 10.6 Å². The summed E-state index contributed by atoms with van der Waals surface area (Å²) in [5.74, 6) is 0.0496. The first-order valence-corrected chi connectivity index (χ1v) is 7.57. The van der Waals surface area contributed by atoms with Crippen molar-refractivity contribution in [2.24, 2.45) is 0 Å². The molecule has 2 aromatic carbocycles. The molecule has 0 unspecified atom stereocenters. The molecule has 0 spiro atoms. The minimum Gasteiger partial charge on any atom is -0.493 e. The lowest BCUT2D eigenvalue weighted by Gasteiger charge is -2.14. The Balaban J connectivity index is 2.17. The Morgan fingerprint density at radius 3 is 2.16 bits per heavy atom. The summed E-state index contributed by atoms with van der Waals surface area (Å²) in [6.07, 6.45) is 0. The van der Waals surface area contributed by atoms with Gasteiger partial charge in [-0.3, -0.25) is 10.1 Å². The van der Waals surface area contributed by atoms with Crippen molar-refractivity contribution in [2.45, 2.75) is 0 Å². The minimum atomic E-state index is -0.506. The van der Waals surface area contributed by atoms with Crippen molar-refractivity contribution in [1.29, 1.82) is 0 Å². The van der Waals surface area contributed by atoms with Crippen molar-refractivity contribution < 1.29 is 23.4 Å². The average Bonchev–Trinajstić information content (AvgIpc) is 2.62. The Labute approximate surface area is 149 Å². The lowest BCUT2D eigenvalue weighted by atomic mass is 10.1. The molecular formula is C17H17FN2O4S. The van der Waals surface area contributed by atoms with Gasteiger partial charge in [0, 0.05) is 5.56 Å². The standard InChI is InChI=1S/C17H17FN2O4S/c1-22-13-8-10(9-14(23-2)15(13)24-3)16(21)20-17(25)19-12-7-5-4-6-11(12)18/h4-9H,1-3H3,(H2,19,20,21,25). The van der Waals surface area contributed by atoms with E-state index in [0.717, 1.165) is 0 Å². The molecule has 6 nitrogen and oxygen atoms in total. The molecule has 0 aromatic heterocycles. The van der Waals surface area contributed by atoms with Crippen LogP contribution in [0.5, 0.6) is 17.2 Å². The summed E-state index contributed by atoms with van der Waals surface area (Å²) < 4.78 is 29.2. The van der Waals surface area contributed by atoms with Crippen molar-refractivity contribution in [3.8, 4) is 17.2 Å². The third-order valence-electron chi connectivity index (χ3n) is 3.28. The first-order valence-electron chi connectivity index (χ1n) is 7.17. The molecule has 2 aromatic rings. The topological polar surface area (TPSA) is 68.8 Å². The van der Waals surface area contributed by atoms with E-state index in [9.17, 15) is 9.18 Å². The normalized spacial score (nSPS) is 9.92. The Morgan fingerprint density at radius 2 is 1.64 bits per heavy atom. The summed E-state index contributed by atoms with van der Waals surface area (Å²) in [7, 11) is 4.36. The fraction of sp³-hybridized carbons (Fsp3) is 0.176.